The molecule has 1 amide bonds. The van der Waals surface area contributed by atoms with E-state index in [0.717, 1.165) is 43.4 Å². The third-order valence-corrected chi connectivity index (χ3v) is 4.63. The van der Waals surface area contributed by atoms with Gasteiger partial charge in [-0.2, -0.15) is 0 Å². The molecule has 1 aromatic rings. The Morgan fingerprint density at radius 3 is 2.59 bits per heavy atom. The summed E-state index contributed by atoms with van der Waals surface area (Å²) in [4.78, 5) is 14.3. The number of benzene rings is 1. The predicted molar refractivity (Wildman–Crippen MR) is 93.5 cm³/mol. The Morgan fingerprint density at radius 2 is 2.00 bits per heavy atom. The Kier molecular flexibility index (Phi) is 6.86. The van der Waals surface area contributed by atoms with Crippen LogP contribution < -0.4 is 11.1 Å². The lowest BCUT2D eigenvalue weighted by Crippen LogP contribution is -2.44. The first-order chi connectivity index (χ1) is 10.5. The minimum absolute atomic E-state index is 0.0958. The van der Waals surface area contributed by atoms with Gasteiger partial charge in [-0.05, 0) is 43.9 Å². The number of carbonyl (C=O) groups excluding carboxylic acids is 1. The van der Waals surface area contributed by atoms with Crippen molar-refractivity contribution in [3.05, 3.63) is 34.3 Å². The van der Waals surface area contributed by atoms with Gasteiger partial charge in [-0.15, -0.1) is 0 Å². The molecular formula is C17H26BrN3O. The molecule has 0 saturated carbocycles. The molecule has 0 spiro atoms. The maximum absolute atomic E-state index is 11.8. The smallest absolute Gasteiger partial charge is 0.220 e. The van der Waals surface area contributed by atoms with Crippen LogP contribution in [-0.2, 0) is 11.3 Å². The van der Waals surface area contributed by atoms with Crippen LogP contribution in [0.1, 0.15) is 38.2 Å². The normalized spacial score (nSPS) is 18.1. The van der Waals surface area contributed by atoms with Gasteiger partial charge in [-0.1, -0.05) is 28.1 Å². The van der Waals surface area contributed by atoms with Crippen molar-refractivity contribution >= 4 is 21.8 Å². The first-order valence-corrected chi connectivity index (χ1v) is 8.84. The largest absolute Gasteiger partial charge is 0.353 e. The van der Waals surface area contributed by atoms with E-state index in [2.05, 4.69) is 50.4 Å². The zero-order valence-electron chi connectivity index (χ0n) is 13.2. The molecular weight excluding hydrogens is 342 g/mol. The highest BCUT2D eigenvalue weighted by atomic mass is 79.9. The number of nitrogens with zero attached hydrogens (tertiary/aromatic N) is 1. The van der Waals surface area contributed by atoms with E-state index in [4.69, 9.17) is 5.73 Å². The number of nitrogens with one attached hydrogen (secondary N) is 1. The summed E-state index contributed by atoms with van der Waals surface area (Å²) in [6.45, 7) is 5.00. The Labute approximate surface area is 141 Å². The summed E-state index contributed by atoms with van der Waals surface area (Å²) < 4.78 is 1.12. The van der Waals surface area contributed by atoms with Gasteiger partial charge in [-0.3, -0.25) is 9.69 Å². The van der Waals surface area contributed by atoms with Crippen LogP contribution in [0, 0.1) is 0 Å². The molecule has 4 nitrogen and oxygen atoms in total. The van der Waals surface area contributed by atoms with Gasteiger partial charge in [-0.25, -0.2) is 0 Å². The molecule has 0 aromatic heterocycles. The van der Waals surface area contributed by atoms with E-state index in [0.29, 0.717) is 12.5 Å². The lowest BCUT2D eigenvalue weighted by Gasteiger charge is -2.32. The molecule has 5 heteroatoms. The van der Waals surface area contributed by atoms with Crippen molar-refractivity contribution in [2.75, 3.05) is 13.1 Å². The summed E-state index contributed by atoms with van der Waals surface area (Å²) in [5.74, 6) is 0.142. The average molecular weight is 368 g/mol. The summed E-state index contributed by atoms with van der Waals surface area (Å²) >= 11 is 3.46. The van der Waals surface area contributed by atoms with Crippen LogP contribution in [0.4, 0.5) is 0 Å². The molecule has 1 aliphatic rings. The second-order valence-corrected chi connectivity index (χ2v) is 7.18. The molecule has 1 aromatic carbocycles. The fourth-order valence-corrected chi connectivity index (χ4v) is 3.01. The minimum atomic E-state index is 0.0958. The number of piperidine rings is 1. The van der Waals surface area contributed by atoms with Crippen molar-refractivity contribution in [3.63, 3.8) is 0 Å². The van der Waals surface area contributed by atoms with Crippen LogP contribution in [0.25, 0.3) is 0 Å². The van der Waals surface area contributed by atoms with Crippen molar-refractivity contribution in [3.8, 4) is 0 Å². The van der Waals surface area contributed by atoms with Crippen LogP contribution in [-0.4, -0.2) is 36.0 Å². The predicted octanol–water partition coefficient (Wildman–Crippen LogP) is 2.66. The third-order valence-electron chi connectivity index (χ3n) is 4.10. The molecule has 22 heavy (non-hydrogen) atoms. The van der Waals surface area contributed by atoms with Crippen LogP contribution in [0.3, 0.4) is 0 Å². The van der Waals surface area contributed by atoms with Crippen LogP contribution >= 0.6 is 15.9 Å². The zero-order chi connectivity index (χ0) is 15.9. The highest BCUT2D eigenvalue weighted by Crippen LogP contribution is 2.16. The second kappa shape index (κ2) is 8.65. The molecule has 1 saturated heterocycles. The average Bonchev–Trinajstić information content (AvgIpc) is 2.49. The van der Waals surface area contributed by atoms with Crippen molar-refractivity contribution in [2.45, 2.75) is 51.2 Å². The Balaban J connectivity index is 1.69. The molecule has 0 radical (unpaired) electrons. The number of likely N-dealkylation sites (tertiary alicyclic amines) is 1. The monoisotopic (exact) mass is 367 g/mol. The van der Waals surface area contributed by atoms with E-state index in [-0.39, 0.29) is 11.9 Å². The highest BCUT2D eigenvalue weighted by molar-refractivity contribution is 9.10. The van der Waals surface area contributed by atoms with Gasteiger partial charge in [0.25, 0.3) is 0 Å². The van der Waals surface area contributed by atoms with Crippen molar-refractivity contribution in [1.29, 1.82) is 0 Å². The van der Waals surface area contributed by atoms with Crippen LogP contribution in [0.2, 0.25) is 0 Å². The third kappa shape index (κ3) is 6.07. The maximum Gasteiger partial charge on any atom is 0.220 e. The maximum atomic E-state index is 11.8. The number of halogens is 1. The summed E-state index contributed by atoms with van der Waals surface area (Å²) in [6.07, 6.45) is 3.35. The molecule has 1 unspecified atom stereocenters. The van der Waals surface area contributed by atoms with E-state index in [9.17, 15) is 4.79 Å². The van der Waals surface area contributed by atoms with E-state index < -0.39 is 0 Å². The van der Waals surface area contributed by atoms with E-state index in [1.54, 1.807) is 0 Å². The standard InChI is InChI=1S/C17H26BrN3O/c1-13(19)2-7-17(22)20-16-8-10-21(11-9-16)12-14-3-5-15(18)6-4-14/h3-6,13,16H,2,7-12,19H2,1H3,(H,20,22). The lowest BCUT2D eigenvalue weighted by atomic mass is 10.0. The number of hydrogen-bond donors (Lipinski definition) is 2. The number of nitrogens with two attached hydrogens (primary N) is 1. The molecule has 3 N–H and O–H groups in total. The summed E-state index contributed by atoms with van der Waals surface area (Å²) in [6, 6.07) is 8.90. The fraction of sp³-hybridized carbons (Fsp3) is 0.588. The molecule has 122 valence electrons. The van der Waals surface area contributed by atoms with Gasteiger partial charge < -0.3 is 11.1 Å². The lowest BCUT2D eigenvalue weighted by molar-refractivity contribution is -0.122. The first kappa shape index (κ1) is 17.4. The van der Waals surface area contributed by atoms with E-state index in [1.165, 1.54) is 5.56 Å². The topological polar surface area (TPSA) is 58.4 Å². The Bertz CT molecular complexity index is 467. The molecule has 1 atom stereocenters. The van der Waals surface area contributed by atoms with Crippen LogP contribution in [0.15, 0.2) is 28.7 Å². The first-order valence-electron chi connectivity index (χ1n) is 8.04. The minimum Gasteiger partial charge on any atom is -0.353 e. The van der Waals surface area contributed by atoms with Gasteiger partial charge in [0.2, 0.25) is 5.91 Å². The molecule has 1 aliphatic heterocycles. The summed E-state index contributed by atoms with van der Waals surface area (Å²) in [5, 5.41) is 3.14. The van der Waals surface area contributed by atoms with Crippen LogP contribution in [0.5, 0.6) is 0 Å². The van der Waals surface area contributed by atoms with Gasteiger partial charge in [0, 0.05) is 42.6 Å². The summed E-state index contributed by atoms with van der Waals surface area (Å²) in [5.41, 5.74) is 7.02. The number of rotatable bonds is 6. The number of carbonyl (C=O) groups is 1. The van der Waals surface area contributed by atoms with Gasteiger partial charge in [0.15, 0.2) is 0 Å². The molecule has 2 rings (SSSR count). The second-order valence-electron chi connectivity index (χ2n) is 6.26. The Hall–Kier alpha value is -0.910. The van der Waals surface area contributed by atoms with E-state index in [1.807, 2.05) is 6.92 Å². The highest BCUT2D eigenvalue weighted by Gasteiger charge is 2.20. The van der Waals surface area contributed by atoms with Crippen molar-refractivity contribution < 1.29 is 4.79 Å². The number of amides is 1. The van der Waals surface area contributed by atoms with Gasteiger partial charge in [0.1, 0.15) is 0 Å². The van der Waals surface area contributed by atoms with Gasteiger partial charge >= 0.3 is 0 Å². The summed E-state index contributed by atoms with van der Waals surface area (Å²) in [7, 11) is 0. The number of hydrogen-bond acceptors (Lipinski definition) is 3. The van der Waals surface area contributed by atoms with Crippen molar-refractivity contribution in [2.24, 2.45) is 5.73 Å². The molecule has 0 aliphatic carbocycles. The van der Waals surface area contributed by atoms with Gasteiger partial charge in [0.05, 0.1) is 0 Å². The Morgan fingerprint density at radius 1 is 1.36 bits per heavy atom. The SMILES string of the molecule is CC(N)CCC(=O)NC1CCN(Cc2ccc(Br)cc2)CC1. The zero-order valence-corrected chi connectivity index (χ0v) is 14.8. The van der Waals surface area contributed by atoms with Crippen molar-refractivity contribution in [1.82, 2.24) is 10.2 Å². The quantitative estimate of drug-likeness (QED) is 0.812. The molecule has 1 heterocycles. The fourth-order valence-electron chi connectivity index (χ4n) is 2.74. The molecule has 0 bridgehead atoms. The van der Waals surface area contributed by atoms with E-state index >= 15 is 0 Å². The molecule has 1 fully saturated rings.